The second-order valence-electron chi connectivity index (χ2n) is 6.02. The van der Waals surface area contributed by atoms with Crippen LogP contribution in [0.4, 0.5) is 18.3 Å². The number of fused-ring (bicyclic) bond motifs is 2. The van der Waals surface area contributed by atoms with Gasteiger partial charge in [-0.1, -0.05) is 17.4 Å². The molecule has 0 fully saturated rings. The second-order valence-corrected chi connectivity index (χ2v) is 7.06. The van der Waals surface area contributed by atoms with Crippen LogP contribution in [0.2, 0.25) is 0 Å². The zero-order chi connectivity index (χ0) is 19.3. The maximum atomic E-state index is 13.2. The van der Waals surface area contributed by atoms with Gasteiger partial charge in [-0.15, -0.1) is 0 Å². The lowest BCUT2D eigenvalue weighted by Gasteiger charge is -2.08. The number of carbonyl (C=O) groups is 1. The van der Waals surface area contributed by atoms with Crippen molar-refractivity contribution in [2.45, 2.75) is 20.0 Å². The molecule has 27 heavy (non-hydrogen) atoms. The summed E-state index contributed by atoms with van der Waals surface area (Å²) in [5.74, 6) is -0.651. The highest BCUT2D eigenvalue weighted by Gasteiger charge is 2.35. The molecule has 4 aromatic rings. The van der Waals surface area contributed by atoms with Crippen molar-refractivity contribution < 1.29 is 18.0 Å². The van der Waals surface area contributed by atoms with E-state index in [2.05, 4.69) is 20.4 Å². The molecule has 1 N–H and O–H groups in total. The minimum absolute atomic E-state index is 0.0487. The number of halogens is 3. The Bertz CT molecular complexity index is 1190. The van der Waals surface area contributed by atoms with Gasteiger partial charge in [-0.2, -0.15) is 18.3 Å². The number of alkyl halides is 3. The molecule has 0 unspecified atom stereocenters. The van der Waals surface area contributed by atoms with Gasteiger partial charge in [-0.25, -0.2) is 14.5 Å². The normalized spacial score (nSPS) is 12.0. The number of hydrogen-bond donors (Lipinski definition) is 1. The number of nitrogens with zero attached hydrogens (tertiary/aromatic N) is 4. The van der Waals surface area contributed by atoms with Gasteiger partial charge >= 0.3 is 6.18 Å². The van der Waals surface area contributed by atoms with E-state index in [1.807, 2.05) is 25.1 Å². The molecule has 0 aliphatic carbocycles. The van der Waals surface area contributed by atoms with Crippen LogP contribution in [0.1, 0.15) is 27.4 Å². The topological polar surface area (TPSA) is 72.2 Å². The van der Waals surface area contributed by atoms with Crippen molar-refractivity contribution in [3.63, 3.8) is 0 Å². The summed E-state index contributed by atoms with van der Waals surface area (Å²) in [7, 11) is 0. The number of hydrogen-bond acceptors (Lipinski definition) is 5. The molecule has 0 atom stereocenters. The molecule has 0 radical (unpaired) electrons. The Morgan fingerprint density at radius 2 is 1.93 bits per heavy atom. The van der Waals surface area contributed by atoms with Gasteiger partial charge in [0.05, 0.1) is 10.2 Å². The molecule has 0 saturated heterocycles. The first-order valence-corrected chi connectivity index (χ1v) is 8.65. The molecule has 0 aliphatic rings. The Kier molecular flexibility index (Phi) is 3.88. The highest BCUT2D eigenvalue weighted by atomic mass is 32.1. The molecule has 0 aliphatic heterocycles. The number of amides is 1. The maximum absolute atomic E-state index is 13.2. The van der Waals surface area contributed by atoms with E-state index in [4.69, 9.17) is 0 Å². The lowest BCUT2D eigenvalue weighted by Crippen LogP contribution is -2.15. The van der Waals surface area contributed by atoms with E-state index in [9.17, 15) is 18.0 Å². The molecular formula is C17H12F3N5OS. The molecule has 1 aromatic carbocycles. The summed E-state index contributed by atoms with van der Waals surface area (Å²) in [6.45, 7) is 3.40. The molecule has 0 spiro atoms. The van der Waals surface area contributed by atoms with Crippen LogP contribution in [0.5, 0.6) is 0 Å². The van der Waals surface area contributed by atoms with Crippen LogP contribution in [0.15, 0.2) is 30.3 Å². The van der Waals surface area contributed by atoms with Crippen molar-refractivity contribution in [3.8, 4) is 0 Å². The van der Waals surface area contributed by atoms with Gasteiger partial charge in [-0.3, -0.25) is 10.1 Å². The molecule has 10 heteroatoms. The summed E-state index contributed by atoms with van der Waals surface area (Å²) < 4.78 is 41.2. The standard InChI is InChI=1S/C17H12F3N5OS/c1-8-3-4-10-12(5-8)27-16(22-10)23-15(26)11-7-14-21-9(2)6-13(17(18,19)20)25(14)24-11/h3-7H,1-2H3,(H,22,23,26). The molecule has 4 rings (SSSR count). The smallest absolute Gasteiger partial charge is 0.296 e. The fourth-order valence-electron chi connectivity index (χ4n) is 2.66. The van der Waals surface area contributed by atoms with E-state index in [1.165, 1.54) is 24.3 Å². The predicted octanol–water partition coefficient (Wildman–Crippen LogP) is 4.23. The zero-order valence-corrected chi connectivity index (χ0v) is 14.9. The highest BCUT2D eigenvalue weighted by molar-refractivity contribution is 7.22. The molecule has 0 bridgehead atoms. The van der Waals surface area contributed by atoms with E-state index >= 15 is 0 Å². The van der Waals surface area contributed by atoms with Gasteiger partial charge in [-0.05, 0) is 37.6 Å². The Morgan fingerprint density at radius 3 is 2.67 bits per heavy atom. The molecule has 138 valence electrons. The Hall–Kier alpha value is -3.01. The number of carbonyl (C=O) groups excluding carboxylic acids is 1. The first-order valence-electron chi connectivity index (χ1n) is 7.84. The number of benzene rings is 1. The first-order chi connectivity index (χ1) is 12.7. The minimum Gasteiger partial charge on any atom is -0.296 e. The quantitative estimate of drug-likeness (QED) is 0.555. The maximum Gasteiger partial charge on any atom is 0.433 e. The summed E-state index contributed by atoms with van der Waals surface area (Å²) in [4.78, 5) is 20.8. The average molecular weight is 391 g/mol. The molecule has 6 nitrogen and oxygen atoms in total. The highest BCUT2D eigenvalue weighted by Crippen LogP contribution is 2.30. The van der Waals surface area contributed by atoms with Crippen LogP contribution >= 0.6 is 11.3 Å². The molecule has 3 aromatic heterocycles. The number of anilines is 1. The number of aryl methyl sites for hydroxylation is 2. The molecule has 3 heterocycles. The summed E-state index contributed by atoms with van der Waals surface area (Å²) in [5.41, 5.74) is 0.766. The van der Waals surface area contributed by atoms with E-state index in [0.29, 0.717) is 9.65 Å². The average Bonchev–Trinajstić information content (AvgIpc) is 3.15. The van der Waals surface area contributed by atoms with Crippen LogP contribution in [0.25, 0.3) is 15.9 Å². The van der Waals surface area contributed by atoms with Crippen molar-refractivity contribution >= 4 is 38.2 Å². The molecule has 0 saturated carbocycles. The minimum atomic E-state index is -4.61. The van der Waals surface area contributed by atoms with Crippen LogP contribution < -0.4 is 5.32 Å². The summed E-state index contributed by atoms with van der Waals surface area (Å²) in [5, 5.41) is 6.71. The van der Waals surface area contributed by atoms with Crippen LogP contribution in [-0.4, -0.2) is 25.5 Å². The van der Waals surface area contributed by atoms with Gasteiger partial charge < -0.3 is 0 Å². The Balaban J connectivity index is 1.69. The van der Waals surface area contributed by atoms with Crippen molar-refractivity contribution in [2.75, 3.05) is 5.32 Å². The number of rotatable bonds is 2. The summed E-state index contributed by atoms with van der Waals surface area (Å²) in [6, 6.07) is 7.79. The van der Waals surface area contributed by atoms with E-state index in [-0.39, 0.29) is 17.0 Å². The lowest BCUT2D eigenvalue weighted by molar-refractivity contribution is -0.142. The second kappa shape index (κ2) is 6.02. The lowest BCUT2D eigenvalue weighted by atomic mass is 10.2. The van der Waals surface area contributed by atoms with Crippen molar-refractivity contribution in [3.05, 3.63) is 53.0 Å². The monoisotopic (exact) mass is 391 g/mol. The summed E-state index contributed by atoms with van der Waals surface area (Å²) in [6.07, 6.45) is -4.61. The van der Waals surface area contributed by atoms with E-state index in [1.54, 1.807) is 0 Å². The molecular weight excluding hydrogens is 379 g/mol. The van der Waals surface area contributed by atoms with Gasteiger partial charge in [0.25, 0.3) is 5.91 Å². The van der Waals surface area contributed by atoms with Gasteiger partial charge in [0.2, 0.25) is 0 Å². The third-order valence-electron chi connectivity index (χ3n) is 3.84. The molecule has 1 amide bonds. The van der Waals surface area contributed by atoms with E-state index < -0.39 is 17.8 Å². The van der Waals surface area contributed by atoms with Gasteiger partial charge in [0.1, 0.15) is 5.69 Å². The van der Waals surface area contributed by atoms with Crippen molar-refractivity contribution in [2.24, 2.45) is 0 Å². The SMILES string of the molecule is Cc1ccc2nc(NC(=O)c3cc4nc(C)cc(C(F)(F)F)n4n3)sc2c1. The third kappa shape index (κ3) is 3.23. The van der Waals surface area contributed by atoms with Crippen molar-refractivity contribution in [1.29, 1.82) is 0 Å². The van der Waals surface area contributed by atoms with Crippen LogP contribution in [-0.2, 0) is 6.18 Å². The first kappa shape index (κ1) is 17.4. The zero-order valence-electron chi connectivity index (χ0n) is 14.1. The predicted molar refractivity (Wildman–Crippen MR) is 95.0 cm³/mol. The number of thiazole rings is 1. The van der Waals surface area contributed by atoms with Crippen LogP contribution in [0.3, 0.4) is 0 Å². The fourth-order valence-corrected chi connectivity index (χ4v) is 3.62. The van der Waals surface area contributed by atoms with Crippen molar-refractivity contribution in [1.82, 2.24) is 19.6 Å². The number of aromatic nitrogens is 4. The fraction of sp³-hybridized carbons (Fsp3) is 0.176. The van der Waals surface area contributed by atoms with Crippen LogP contribution in [0, 0.1) is 13.8 Å². The van der Waals surface area contributed by atoms with Gasteiger partial charge in [0, 0.05) is 11.8 Å². The van der Waals surface area contributed by atoms with E-state index in [0.717, 1.165) is 21.8 Å². The largest absolute Gasteiger partial charge is 0.433 e. The Labute approximate surface area is 154 Å². The number of nitrogens with one attached hydrogen (secondary N) is 1. The Morgan fingerprint density at radius 1 is 1.15 bits per heavy atom. The third-order valence-corrected chi connectivity index (χ3v) is 4.78. The van der Waals surface area contributed by atoms with Gasteiger partial charge in [0.15, 0.2) is 16.5 Å². The summed E-state index contributed by atoms with van der Waals surface area (Å²) >= 11 is 1.28.